The number of hydrogen-bond donors (Lipinski definition) is 1. The van der Waals surface area contributed by atoms with Crippen molar-refractivity contribution in [2.24, 2.45) is 5.41 Å². The van der Waals surface area contributed by atoms with Gasteiger partial charge in [-0.25, -0.2) is 0 Å². The Hall–Kier alpha value is -2.04. The summed E-state index contributed by atoms with van der Waals surface area (Å²) in [6, 6.07) is 7.93. The highest BCUT2D eigenvalue weighted by atomic mass is 16.5. The van der Waals surface area contributed by atoms with E-state index in [9.17, 15) is 9.59 Å². The van der Waals surface area contributed by atoms with E-state index in [2.05, 4.69) is 5.32 Å². The Balaban J connectivity index is 1.38. The van der Waals surface area contributed by atoms with Crippen molar-refractivity contribution in [3.63, 3.8) is 0 Å². The lowest BCUT2D eigenvalue weighted by Gasteiger charge is -2.21. The Labute approximate surface area is 137 Å². The van der Waals surface area contributed by atoms with Crippen LogP contribution in [0.25, 0.3) is 0 Å². The number of carbonyl (C=O) groups is 2. The van der Waals surface area contributed by atoms with Gasteiger partial charge in [0.15, 0.2) is 0 Å². The smallest absolute Gasteiger partial charge is 0.222 e. The fourth-order valence-electron chi connectivity index (χ4n) is 3.39. The van der Waals surface area contributed by atoms with Gasteiger partial charge >= 0.3 is 0 Å². The molecule has 2 aliphatic rings. The minimum atomic E-state index is -0.00879. The molecule has 0 saturated carbocycles. The minimum absolute atomic E-state index is 0.00879. The zero-order valence-electron chi connectivity index (χ0n) is 13.6. The number of aryl methyl sites for hydroxylation is 1. The van der Waals surface area contributed by atoms with Crippen LogP contribution in [0.3, 0.4) is 0 Å². The summed E-state index contributed by atoms with van der Waals surface area (Å²) in [6.45, 7) is 4.79. The van der Waals surface area contributed by atoms with Crippen LogP contribution in [0, 0.1) is 12.3 Å². The van der Waals surface area contributed by atoms with Gasteiger partial charge in [0.25, 0.3) is 0 Å². The van der Waals surface area contributed by atoms with E-state index in [-0.39, 0.29) is 17.2 Å². The van der Waals surface area contributed by atoms with Crippen molar-refractivity contribution in [3.05, 3.63) is 29.8 Å². The molecule has 1 atom stereocenters. The maximum atomic E-state index is 12.3. The van der Waals surface area contributed by atoms with Crippen molar-refractivity contribution in [1.82, 2.24) is 10.2 Å². The van der Waals surface area contributed by atoms with Gasteiger partial charge in [-0.2, -0.15) is 0 Å². The van der Waals surface area contributed by atoms with Gasteiger partial charge in [-0.05, 0) is 31.9 Å². The van der Waals surface area contributed by atoms with E-state index in [1.807, 2.05) is 36.1 Å². The van der Waals surface area contributed by atoms with Gasteiger partial charge in [0, 0.05) is 37.9 Å². The molecule has 2 aliphatic heterocycles. The third kappa shape index (κ3) is 3.84. The van der Waals surface area contributed by atoms with Gasteiger partial charge in [-0.15, -0.1) is 0 Å². The standard InChI is InChI=1S/C18H24N2O3/c1-14-4-6-15(7-5-14)23-10-2-3-17(22)20-9-8-18(13-20)11-16(21)19-12-18/h4-7H,2-3,8-13H2,1H3,(H,19,21). The molecule has 23 heavy (non-hydrogen) atoms. The van der Waals surface area contributed by atoms with E-state index in [0.717, 1.165) is 18.7 Å². The summed E-state index contributed by atoms with van der Waals surface area (Å²) in [7, 11) is 0. The number of likely N-dealkylation sites (tertiary alicyclic amines) is 1. The second-order valence-corrected chi connectivity index (χ2v) is 6.78. The van der Waals surface area contributed by atoms with E-state index < -0.39 is 0 Å². The number of ether oxygens (including phenoxy) is 1. The van der Waals surface area contributed by atoms with Crippen LogP contribution >= 0.6 is 0 Å². The number of benzene rings is 1. The Morgan fingerprint density at radius 3 is 2.83 bits per heavy atom. The Morgan fingerprint density at radius 1 is 1.35 bits per heavy atom. The first-order valence-electron chi connectivity index (χ1n) is 8.30. The Kier molecular flexibility index (Phi) is 4.55. The molecule has 5 heteroatoms. The van der Waals surface area contributed by atoms with E-state index in [1.165, 1.54) is 5.56 Å². The van der Waals surface area contributed by atoms with Crippen molar-refractivity contribution in [1.29, 1.82) is 0 Å². The number of carbonyl (C=O) groups excluding carboxylic acids is 2. The monoisotopic (exact) mass is 316 g/mol. The molecule has 0 aliphatic carbocycles. The molecular weight excluding hydrogens is 292 g/mol. The summed E-state index contributed by atoms with van der Waals surface area (Å²) in [6.07, 6.45) is 2.71. The molecule has 124 valence electrons. The van der Waals surface area contributed by atoms with Crippen LogP contribution < -0.4 is 10.1 Å². The van der Waals surface area contributed by atoms with Gasteiger partial charge in [0.2, 0.25) is 11.8 Å². The van der Waals surface area contributed by atoms with Crippen LogP contribution in [-0.2, 0) is 9.59 Å². The average molecular weight is 316 g/mol. The van der Waals surface area contributed by atoms with Crippen molar-refractivity contribution in [2.45, 2.75) is 32.6 Å². The average Bonchev–Trinajstić information content (AvgIpc) is 3.12. The topological polar surface area (TPSA) is 58.6 Å². The largest absolute Gasteiger partial charge is 0.494 e. The van der Waals surface area contributed by atoms with Crippen LogP contribution in [0.1, 0.15) is 31.2 Å². The van der Waals surface area contributed by atoms with Crippen molar-refractivity contribution in [3.8, 4) is 5.75 Å². The molecule has 2 saturated heterocycles. The van der Waals surface area contributed by atoms with Crippen LogP contribution in [0.5, 0.6) is 5.75 Å². The van der Waals surface area contributed by atoms with Crippen LogP contribution in [0.4, 0.5) is 0 Å². The van der Waals surface area contributed by atoms with Crippen LogP contribution in [-0.4, -0.2) is 43.0 Å². The quantitative estimate of drug-likeness (QED) is 0.844. The second-order valence-electron chi connectivity index (χ2n) is 6.78. The predicted molar refractivity (Wildman–Crippen MR) is 87.2 cm³/mol. The highest BCUT2D eigenvalue weighted by Crippen LogP contribution is 2.36. The zero-order chi connectivity index (χ0) is 16.3. The first-order valence-corrected chi connectivity index (χ1v) is 8.30. The number of hydrogen-bond acceptors (Lipinski definition) is 3. The fourth-order valence-corrected chi connectivity index (χ4v) is 3.39. The predicted octanol–water partition coefficient (Wildman–Crippen LogP) is 1.89. The zero-order valence-corrected chi connectivity index (χ0v) is 13.6. The molecule has 2 fully saturated rings. The van der Waals surface area contributed by atoms with Crippen molar-refractivity contribution >= 4 is 11.8 Å². The lowest BCUT2D eigenvalue weighted by atomic mass is 9.86. The van der Waals surface area contributed by atoms with Crippen molar-refractivity contribution in [2.75, 3.05) is 26.2 Å². The maximum absolute atomic E-state index is 12.3. The summed E-state index contributed by atoms with van der Waals surface area (Å²) in [4.78, 5) is 25.6. The minimum Gasteiger partial charge on any atom is -0.494 e. The summed E-state index contributed by atoms with van der Waals surface area (Å²) in [5.41, 5.74) is 1.20. The molecule has 0 radical (unpaired) electrons. The SMILES string of the molecule is Cc1ccc(OCCCC(=O)N2CCC3(CNC(=O)C3)C2)cc1. The van der Waals surface area contributed by atoms with Gasteiger partial charge in [-0.3, -0.25) is 9.59 Å². The first kappa shape index (κ1) is 15.8. The maximum Gasteiger partial charge on any atom is 0.222 e. The molecule has 1 aromatic carbocycles. The molecule has 1 unspecified atom stereocenters. The summed E-state index contributed by atoms with van der Waals surface area (Å²) >= 11 is 0. The molecule has 1 N–H and O–H groups in total. The lowest BCUT2D eigenvalue weighted by molar-refractivity contribution is -0.131. The van der Waals surface area contributed by atoms with E-state index in [0.29, 0.717) is 39.0 Å². The number of amides is 2. The first-order chi connectivity index (χ1) is 11.1. The van der Waals surface area contributed by atoms with Gasteiger partial charge in [0.05, 0.1) is 6.61 Å². The summed E-state index contributed by atoms with van der Waals surface area (Å²) < 4.78 is 5.66. The number of nitrogens with one attached hydrogen (secondary N) is 1. The van der Waals surface area contributed by atoms with E-state index >= 15 is 0 Å². The third-order valence-corrected chi connectivity index (χ3v) is 4.81. The normalized spacial score (nSPS) is 23.3. The summed E-state index contributed by atoms with van der Waals surface area (Å²) in [5, 5.41) is 2.89. The highest BCUT2D eigenvalue weighted by Gasteiger charge is 2.44. The Morgan fingerprint density at radius 2 is 2.13 bits per heavy atom. The van der Waals surface area contributed by atoms with Gasteiger partial charge in [0.1, 0.15) is 5.75 Å². The van der Waals surface area contributed by atoms with Gasteiger partial charge in [-0.1, -0.05) is 17.7 Å². The van der Waals surface area contributed by atoms with Gasteiger partial charge < -0.3 is 15.0 Å². The molecule has 5 nitrogen and oxygen atoms in total. The molecular formula is C18H24N2O3. The Bertz CT molecular complexity index is 584. The van der Waals surface area contributed by atoms with Crippen molar-refractivity contribution < 1.29 is 14.3 Å². The fraction of sp³-hybridized carbons (Fsp3) is 0.556. The number of nitrogens with zero attached hydrogens (tertiary/aromatic N) is 1. The van der Waals surface area contributed by atoms with Crippen LogP contribution in [0.2, 0.25) is 0 Å². The molecule has 2 heterocycles. The lowest BCUT2D eigenvalue weighted by Crippen LogP contribution is -2.33. The summed E-state index contributed by atoms with van der Waals surface area (Å²) in [5.74, 6) is 1.14. The highest BCUT2D eigenvalue weighted by molar-refractivity contribution is 5.80. The number of rotatable bonds is 5. The molecule has 1 aromatic rings. The molecule has 0 aromatic heterocycles. The second kappa shape index (κ2) is 6.60. The molecule has 2 amide bonds. The molecule has 1 spiro atoms. The third-order valence-electron chi connectivity index (χ3n) is 4.81. The van der Waals surface area contributed by atoms with E-state index in [1.54, 1.807) is 0 Å². The molecule has 3 rings (SSSR count). The molecule has 0 bridgehead atoms. The van der Waals surface area contributed by atoms with Crippen LogP contribution in [0.15, 0.2) is 24.3 Å². The van der Waals surface area contributed by atoms with E-state index in [4.69, 9.17) is 4.74 Å².